The van der Waals surface area contributed by atoms with Crippen LogP contribution in [0.15, 0.2) is 47.4 Å². The van der Waals surface area contributed by atoms with E-state index in [1.54, 1.807) is 48.5 Å². The lowest BCUT2D eigenvalue weighted by atomic mass is 10.1. The molecular formula is C22H19NO6S2. The van der Waals surface area contributed by atoms with Crippen LogP contribution in [0.1, 0.15) is 29.3 Å². The summed E-state index contributed by atoms with van der Waals surface area (Å²) in [5.41, 5.74) is 1.73. The fraction of sp³-hybridized carbons (Fsp3) is 0.182. The van der Waals surface area contributed by atoms with Crippen molar-refractivity contribution in [3.8, 4) is 11.5 Å². The number of thiocarbonyl (C=S) groups is 1. The van der Waals surface area contributed by atoms with Crippen LogP contribution in [0.25, 0.3) is 6.08 Å². The van der Waals surface area contributed by atoms with Crippen LogP contribution in [0.4, 0.5) is 5.69 Å². The van der Waals surface area contributed by atoms with E-state index in [4.69, 9.17) is 26.8 Å². The number of amides is 1. The van der Waals surface area contributed by atoms with Gasteiger partial charge in [-0.1, -0.05) is 42.2 Å². The molecule has 2 aromatic carbocycles. The number of carboxylic acids is 1. The van der Waals surface area contributed by atoms with Gasteiger partial charge in [0.2, 0.25) is 0 Å². The Labute approximate surface area is 188 Å². The highest BCUT2D eigenvalue weighted by Crippen LogP contribution is 2.37. The van der Waals surface area contributed by atoms with Gasteiger partial charge >= 0.3 is 5.97 Å². The molecule has 160 valence electrons. The number of ether oxygens (including phenoxy) is 2. The Kier molecular flexibility index (Phi) is 7.09. The van der Waals surface area contributed by atoms with Crippen LogP contribution in [0, 0.1) is 0 Å². The monoisotopic (exact) mass is 457 g/mol. The van der Waals surface area contributed by atoms with Crippen molar-refractivity contribution in [2.24, 2.45) is 0 Å². The number of methoxy groups -OCH3 is 1. The summed E-state index contributed by atoms with van der Waals surface area (Å²) < 4.78 is 11.1. The predicted molar refractivity (Wildman–Crippen MR) is 123 cm³/mol. The minimum atomic E-state index is -0.952. The number of carbonyl (C=O) groups is 3. The molecule has 0 saturated carbocycles. The van der Waals surface area contributed by atoms with Gasteiger partial charge in [-0.25, -0.2) is 0 Å². The molecule has 0 aromatic heterocycles. The second kappa shape index (κ2) is 9.76. The fourth-order valence-corrected chi connectivity index (χ4v) is 4.15. The standard InChI is InChI=1S/C22H19NO6S2/c1-13(24)15-4-3-5-16(12-15)23-21(27)19(31-22(23)30)11-14-6-7-17(18(10-14)28-2)29-9-8-20(25)26/h3-7,10-12H,8-9H2,1-2H3,(H,25,26)/b19-11+. The molecular weight excluding hydrogens is 438 g/mol. The van der Waals surface area contributed by atoms with E-state index in [1.807, 2.05) is 0 Å². The van der Waals surface area contributed by atoms with Crippen LogP contribution >= 0.6 is 24.0 Å². The topological polar surface area (TPSA) is 93.1 Å². The van der Waals surface area contributed by atoms with Crippen molar-refractivity contribution in [3.05, 3.63) is 58.5 Å². The van der Waals surface area contributed by atoms with Crippen molar-refractivity contribution >= 4 is 57.7 Å². The lowest BCUT2D eigenvalue weighted by Gasteiger charge is -2.15. The second-order valence-electron chi connectivity index (χ2n) is 6.53. The molecule has 1 heterocycles. The number of carbonyl (C=O) groups excluding carboxylic acids is 2. The number of carboxylic acid groups (broad SMARTS) is 1. The summed E-state index contributed by atoms with van der Waals surface area (Å²) in [4.78, 5) is 37.1. The van der Waals surface area contributed by atoms with E-state index < -0.39 is 5.97 Å². The Bertz CT molecular complexity index is 1100. The maximum absolute atomic E-state index is 13.0. The molecule has 0 bridgehead atoms. The van der Waals surface area contributed by atoms with E-state index in [2.05, 4.69) is 0 Å². The van der Waals surface area contributed by atoms with Crippen molar-refractivity contribution in [3.63, 3.8) is 0 Å². The predicted octanol–water partition coefficient (Wildman–Crippen LogP) is 4.16. The molecule has 1 saturated heterocycles. The molecule has 1 aliphatic heterocycles. The molecule has 1 fully saturated rings. The van der Waals surface area contributed by atoms with Crippen molar-refractivity contribution in [1.82, 2.24) is 0 Å². The summed E-state index contributed by atoms with van der Waals surface area (Å²) in [6, 6.07) is 11.9. The Morgan fingerprint density at radius 2 is 1.97 bits per heavy atom. The van der Waals surface area contributed by atoms with Crippen molar-refractivity contribution in [2.75, 3.05) is 18.6 Å². The Morgan fingerprint density at radius 1 is 1.19 bits per heavy atom. The third-order valence-corrected chi connectivity index (χ3v) is 5.67. The first-order chi connectivity index (χ1) is 14.8. The number of aliphatic carboxylic acids is 1. The molecule has 0 radical (unpaired) electrons. The van der Waals surface area contributed by atoms with E-state index in [-0.39, 0.29) is 24.7 Å². The smallest absolute Gasteiger partial charge is 0.306 e. The van der Waals surface area contributed by atoms with Crippen LogP contribution in [0.2, 0.25) is 0 Å². The van der Waals surface area contributed by atoms with Crippen LogP contribution in [0.5, 0.6) is 11.5 Å². The van der Waals surface area contributed by atoms with Crippen LogP contribution < -0.4 is 14.4 Å². The largest absolute Gasteiger partial charge is 0.493 e. The summed E-state index contributed by atoms with van der Waals surface area (Å²) in [5, 5.41) is 8.73. The second-order valence-corrected chi connectivity index (χ2v) is 8.20. The number of hydrogen-bond acceptors (Lipinski definition) is 7. The maximum atomic E-state index is 13.0. The Morgan fingerprint density at radius 3 is 2.65 bits per heavy atom. The van der Waals surface area contributed by atoms with Crippen molar-refractivity contribution in [2.45, 2.75) is 13.3 Å². The first kappa shape index (κ1) is 22.5. The summed E-state index contributed by atoms with van der Waals surface area (Å²) in [6.07, 6.45) is 1.57. The molecule has 0 unspecified atom stereocenters. The number of thioether (sulfide) groups is 1. The normalized spacial score (nSPS) is 14.8. The Balaban J connectivity index is 1.83. The van der Waals surface area contributed by atoms with Crippen LogP contribution in [-0.2, 0) is 9.59 Å². The minimum Gasteiger partial charge on any atom is -0.493 e. The quantitative estimate of drug-likeness (QED) is 0.359. The maximum Gasteiger partial charge on any atom is 0.306 e. The number of ketones is 1. The first-order valence-electron chi connectivity index (χ1n) is 9.21. The zero-order valence-electron chi connectivity index (χ0n) is 16.8. The number of hydrogen-bond donors (Lipinski definition) is 1. The molecule has 7 nitrogen and oxygen atoms in total. The van der Waals surface area contributed by atoms with Gasteiger partial charge in [0.25, 0.3) is 5.91 Å². The van der Waals surface area contributed by atoms with E-state index in [1.165, 1.54) is 30.7 Å². The molecule has 2 aromatic rings. The van der Waals surface area contributed by atoms with Gasteiger partial charge in [-0.3, -0.25) is 19.3 Å². The summed E-state index contributed by atoms with van der Waals surface area (Å²) >= 11 is 6.56. The van der Waals surface area contributed by atoms with Crippen molar-refractivity contribution < 1.29 is 29.0 Å². The van der Waals surface area contributed by atoms with E-state index in [0.29, 0.717) is 37.5 Å². The zero-order valence-corrected chi connectivity index (χ0v) is 18.4. The fourth-order valence-electron chi connectivity index (χ4n) is 2.85. The van der Waals surface area contributed by atoms with E-state index >= 15 is 0 Å². The molecule has 9 heteroatoms. The van der Waals surface area contributed by atoms with Gasteiger partial charge in [-0.05, 0) is 42.8 Å². The molecule has 1 amide bonds. The zero-order chi connectivity index (χ0) is 22.5. The lowest BCUT2D eigenvalue weighted by Crippen LogP contribution is -2.27. The number of nitrogens with zero attached hydrogens (tertiary/aromatic N) is 1. The molecule has 0 aliphatic carbocycles. The molecule has 31 heavy (non-hydrogen) atoms. The van der Waals surface area contributed by atoms with Gasteiger partial charge in [0.1, 0.15) is 0 Å². The highest BCUT2D eigenvalue weighted by atomic mass is 32.2. The number of Topliss-reactive ketones (excluding diaryl/α,β-unsaturated/α-hetero) is 1. The number of benzene rings is 2. The Hall–Kier alpha value is -3.17. The minimum absolute atomic E-state index is 0.0169. The van der Waals surface area contributed by atoms with E-state index in [0.717, 1.165) is 0 Å². The third kappa shape index (κ3) is 5.31. The molecule has 3 rings (SSSR count). The summed E-state index contributed by atoms with van der Waals surface area (Å²) in [6.45, 7) is 1.48. The van der Waals surface area contributed by atoms with Gasteiger partial charge in [0.15, 0.2) is 21.6 Å². The average molecular weight is 458 g/mol. The average Bonchev–Trinajstić information content (AvgIpc) is 3.01. The highest BCUT2D eigenvalue weighted by molar-refractivity contribution is 8.27. The van der Waals surface area contributed by atoms with Gasteiger partial charge in [0.05, 0.1) is 30.7 Å². The molecule has 0 atom stereocenters. The third-order valence-electron chi connectivity index (χ3n) is 4.36. The molecule has 0 spiro atoms. The molecule has 1 N–H and O–H groups in total. The van der Waals surface area contributed by atoms with Gasteiger partial charge in [0, 0.05) is 5.56 Å². The SMILES string of the molecule is COc1cc(/C=C2/SC(=S)N(c3cccc(C(C)=O)c3)C2=O)ccc1OCCC(=O)O. The number of rotatable bonds is 8. The summed E-state index contributed by atoms with van der Waals surface area (Å²) in [5.74, 6) is -0.498. The van der Waals surface area contributed by atoms with Crippen molar-refractivity contribution in [1.29, 1.82) is 0 Å². The van der Waals surface area contributed by atoms with Gasteiger partial charge < -0.3 is 14.6 Å². The summed E-state index contributed by atoms with van der Waals surface area (Å²) in [7, 11) is 1.48. The van der Waals surface area contributed by atoms with E-state index in [9.17, 15) is 14.4 Å². The van der Waals surface area contributed by atoms with Crippen LogP contribution in [-0.4, -0.2) is 40.8 Å². The van der Waals surface area contributed by atoms with Gasteiger partial charge in [-0.15, -0.1) is 0 Å². The highest BCUT2D eigenvalue weighted by Gasteiger charge is 2.33. The molecule has 1 aliphatic rings. The first-order valence-corrected chi connectivity index (χ1v) is 10.4. The number of anilines is 1. The van der Waals surface area contributed by atoms with Gasteiger partial charge in [-0.2, -0.15) is 0 Å². The lowest BCUT2D eigenvalue weighted by molar-refractivity contribution is -0.137. The van der Waals surface area contributed by atoms with Crippen LogP contribution in [0.3, 0.4) is 0 Å².